The first-order chi connectivity index (χ1) is 17.5. The molecule has 0 saturated carbocycles. The summed E-state index contributed by atoms with van der Waals surface area (Å²) in [6.45, 7) is 9.21. The quantitative estimate of drug-likeness (QED) is 0.262. The topological polar surface area (TPSA) is 59.0 Å². The van der Waals surface area contributed by atoms with E-state index in [2.05, 4.69) is 32.6 Å². The predicted molar refractivity (Wildman–Crippen MR) is 145 cm³/mol. The Balaban J connectivity index is 1.99. The fourth-order valence-corrected chi connectivity index (χ4v) is 5.38. The van der Waals surface area contributed by atoms with Crippen molar-refractivity contribution >= 4 is 6.09 Å². The molecule has 3 rings (SSSR count). The molecule has 5 heteroatoms. The van der Waals surface area contributed by atoms with Crippen molar-refractivity contribution in [2.75, 3.05) is 13.7 Å². The van der Waals surface area contributed by atoms with Crippen LogP contribution in [0.25, 0.3) is 0 Å². The van der Waals surface area contributed by atoms with Crippen LogP contribution in [0.2, 0.25) is 0 Å². The van der Waals surface area contributed by atoms with E-state index in [1.54, 1.807) is 12.0 Å². The maximum atomic E-state index is 13.1. The molecule has 2 aromatic carbocycles. The maximum Gasteiger partial charge on any atom is 0.414 e. The Bertz CT molecular complexity index is 958. The Hall–Kier alpha value is -2.79. The summed E-state index contributed by atoms with van der Waals surface area (Å²) in [5.74, 6) is 0.748. The average molecular weight is 494 g/mol. The molecule has 3 atom stereocenters. The number of rotatable bonds is 15. The second-order valence-electron chi connectivity index (χ2n) is 9.98. The third kappa shape index (κ3) is 6.50. The van der Waals surface area contributed by atoms with Crippen molar-refractivity contribution in [1.29, 1.82) is 0 Å². The summed E-state index contributed by atoms with van der Waals surface area (Å²) in [5.41, 5.74) is 1.97. The standard InChI is InChI=1S/C31H43NO4/c1-5-7-9-13-21-31(20-8-6-2,29(33)26-16-18-28(35-4)19-17-26)24(3)32-27(23-36-30(32)34)22-25-14-11-10-12-15-25/h10-12,14-19,27,29,33H,3,5-9,13,20-23H2,1-2,4H3/t27-,29-,31+/m0/s1. The Morgan fingerprint density at radius 2 is 1.72 bits per heavy atom. The van der Waals surface area contributed by atoms with Crippen LogP contribution in [-0.4, -0.2) is 35.9 Å². The third-order valence-corrected chi connectivity index (χ3v) is 7.55. The second-order valence-corrected chi connectivity index (χ2v) is 9.98. The molecule has 1 amide bonds. The van der Waals surface area contributed by atoms with Crippen LogP contribution in [0.15, 0.2) is 66.9 Å². The van der Waals surface area contributed by atoms with Gasteiger partial charge >= 0.3 is 6.09 Å². The van der Waals surface area contributed by atoms with E-state index in [1.165, 1.54) is 0 Å². The van der Waals surface area contributed by atoms with Crippen LogP contribution in [0.4, 0.5) is 4.79 Å². The van der Waals surface area contributed by atoms with Crippen LogP contribution < -0.4 is 4.74 Å². The summed E-state index contributed by atoms with van der Waals surface area (Å²) in [6, 6.07) is 17.6. The smallest absolute Gasteiger partial charge is 0.414 e. The van der Waals surface area contributed by atoms with Crippen molar-refractivity contribution in [1.82, 2.24) is 4.90 Å². The van der Waals surface area contributed by atoms with Gasteiger partial charge in [0.2, 0.25) is 0 Å². The van der Waals surface area contributed by atoms with Crippen molar-refractivity contribution in [3.8, 4) is 5.75 Å². The normalized spacial score (nSPS) is 17.9. The first kappa shape index (κ1) is 27.8. The third-order valence-electron chi connectivity index (χ3n) is 7.55. The number of amides is 1. The van der Waals surface area contributed by atoms with Crippen LogP contribution in [0.3, 0.4) is 0 Å². The van der Waals surface area contributed by atoms with Crippen molar-refractivity contribution in [2.45, 2.75) is 83.8 Å². The SMILES string of the molecule is C=C(N1C(=O)OC[C@@H]1Cc1ccccc1)[C@@](CCCC)(CCCCCC)[C@@H](O)c1ccc(OC)cc1. The first-order valence-electron chi connectivity index (χ1n) is 13.5. The van der Waals surface area contributed by atoms with Crippen LogP contribution in [0, 0.1) is 5.41 Å². The summed E-state index contributed by atoms with van der Waals surface area (Å²) >= 11 is 0. The van der Waals surface area contributed by atoms with Crippen molar-refractivity contribution < 1.29 is 19.4 Å². The minimum Gasteiger partial charge on any atom is -0.497 e. The largest absolute Gasteiger partial charge is 0.497 e. The molecule has 5 nitrogen and oxygen atoms in total. The Morgan fingerprint density at radius 1 is 1.06 bits per heavy atom. The number of aliphatic hydroxyl groups excluding tert-OH is 1. The molecular weight excluding hydrogens is 450 g/mol. The van der Waals surface area contributed by atoms with Gasteiger partial charge in [-0.15, -0.1) is 0 Å². The minimum absolute atomic E-state index is 0.146. The highest BCUT2D eigenvalue weighted by molar-refractivity contribution is 5.73. The van der Waals surface area contributed by atoms with Gasteiger partial charge in [0.15, 0.2) is 0 Å². The zero-order valence-corrected chi connectivity index (χ0v) is 22.2. The Kier molecular flexibility index (Phi) is 10.4. The molecule has 1 aliphatic rings. The van der Waals surface area contributed by atoms with E-state index in [9.17, 15) is 9.90 Å². The fraction of sp³-hybridized carbons (Fsp3) is 0.516. The molecule has 1 fully saturated rings. The highest BCUT2D eigenvalue weighted by atomic mass is 16.6. The Morgan fingerprint density at radius 3 is 2.36 bits per heavy atom. The van der Waals surface area contributed by atoms with E-state index >= 15 is 0 Å². The molecule has 0 spiro atoms. The van der Waals surface area contributed by atoms with Gasteiger partial charge in [-0.3, -0.25) is 4.90 Å². The number of carbonyl (C=O) groups excluding carboxylic acids is 1. The number of benzene rings is 2. The molecule has 0 aromatic heterocycles. The van der Waals surface area contributed by atoms with Gasteiger partial charge in [0.25, 0.3) is 0 Å². The van der Waals surface area contributed by atoms with E-state index in [4.69, 9.17) is 9.47 Å². The van der Waals surface area contributed by atoms with E-state index in [0.717, 1.165) is 68.2 Å². The van der Waals surface area contributed by atoms with Gasteiger partial charge in [-0.25, -0.2) is 4.79 Å². The molecule has 0 radical (unpaired) electrons. The van der Waals surface area contributed by atoms with Crippen molar-refractivity contribution in [2.24, 2.45) is 5.41 Å². The number of unbranched alkanes of at least 4 members (excludes halogenated alkanes) is 4. The van der Waals surface area contributed by atoms with Crippen molar-refractivity contribution in [3.63, 3.8) is 0 Å². The van der Waals surface area contributed by atoms with E-state index in [1.807, 2.05) is 42.5 Å². The summed E-state index contributed by atoms with van der Waals surface area (Å²) in [5, 5.41) is 12.0. The lowest BCUT2D eigenvalue weighted by atomic mass is 9.68. The summed E-state index contributed by atoms with van der Waals surface area (Å²) < 4.78 is 10.9. The number of methoxy groups -OCH3 is 1. The number of hydrogen-bond donors (Lipinski definition) is 1. The van der Waals surface area contributed by atoms with Gasteiger partial charge < -0.3 is 14.6 Å². The number of cyclic esters (lactones) is 1. The van der Waals surface area contributed by atoms with Crippen LogP contribution in [0.1, 0.15) is 82.4 Å². The molecule has 2 aromatic rings. The maximum absolute atomic E-state index is 13.1. The lowest BCUT2D eigenvalue weighted by Gasteiger charge is -2.44. The monoisotopic (exact) mass is 493 g/mol. The molecule has 196 valence electrons. The number of nitrogens with zero attached hydrogens (tertiary/aromatic N) is 1. The molecule has 36 heavy (non-hydrogen) atoms. The molecule has 1 N–H and O–H groups in total. The number of hydrogen-bond acceptors (Lipinski definition) is 4. The number of aliphatic hydroxyl groups is 1. The van der Waals surface area contributed by atoms with Gasteiger partial charge in [0.1, 0.15) is 12.4 Å². The fourth-order valence-electron chi connectivity index (χ4n) is 5.38. The molecule has 1 aliphatic heterocycles. The zero-order valence-electron chi connectivity index (χ0n) is 22.2. The zero-order chi connectivity index (χ0) is 26.0. The number of ether oxygens (including phenoxy) is 2. The molecule has 0 unspecified atom stereocenters. The summed E-state index contributed by atoms with van der Waals surface area (Å²) in [6.07, 6.45) is 7.32. The average Bonchev–Trinajstić information content (AvgIpc) is 3.27. The van der Waals surface area contributed by atoms with Gasteiger partial charge in [-0.2, -0.15) is 0 Å². The minimum atomic E-state index is -0.796. The van der Waals surface area contributed by atoms with Crippen molar-refractivity contribution in [3.05, 3.63) is 78.0 Å². The number of carbonyl (C=O) groups is 1. The first-order valence-corrected chi connectivity index (χ1v) is 13.5. The molecular formula is C31H43NO4. The van der Waals surface area contributed by atoms with Crippen LogP contribution in [-0.2, 0) is 11.2 Å². The lowest BCUT2D eigenvalue weighted by molar-refractivity contribution is 0.0144. The van der Waals surface area contributed by atoms with Gasteiger partial charge in [-0.05, 0) is 42.5 Å². The van der Waals surface area contributed by atoms with Gasteiger partial charge in [0, 0.05) is 11.1 Å². The highest BCUT2D eigenvalue weighted by Gasteiger charge is 2.47. The van der Waals surface area contributed by atoms with Crippen LogP contribution in [0.5, 0.6) is 5.75 Å². The molecule has 1 heterocycles. The summed E-state index contributed by atoms with van der Waals surface area (Å²) in [4.78, 5) is 14.8. The second kappa shape index (κ2) is 13.5. The lowest BCUT2D eigenvalue weighted by Crippen LogP contribution is -2.44. The highest BCUT2D eigenvalue weighted by Crippen LogP contribution is 2.50. The summed E-state index contributed by atoms with van der Waals surface area (Å²) in [7, 11) is 1.64. The molecule has 1 saturated heterocycles. The van der Waals surface area contributed by atoms with Crippen LogP contribution >= 0.6 is 0 Å². The predicted octanol–water partition coefficient (Wildman–Crippen LogP) is 7.45. The van der Waals surface area contributed by atoms with Gasteiger partial charge in [0.05, 0.1) is 19.3 Å². The molecule has 0 bridgehead atoms. The Labute approximate surface area is 217 Å². The van der Waals surface area contributed by atoms with E-state index < -0.39 is 11.5 Å². The van der Waals surface area contributed by atoms with E-state index in [0.29, 0.717) is 18.7 Å². The van der Waals surface area contributed by atoms with E-state index in [-0.39, 0.29) is 12.1 Å². The van der Waals surface area contributed by atoms with Gasteiger partial charge in [-0.1, -0.05) is 101 Å². The molecule has 0 aliphatic carbocycles.